The molecule has 2 aromatic carbocycles. The predicted molar refractivity (Wildman–Crippen MR) is 120 cm³/mol. The summed E-state index contributed by atoms with van der Waals surface area (Å²) in [6.45, 7) is 1.97. The van der Waals surface area contributed by atoms with Gasteiger partial charge in [0.25, 0.3) is 5.91 Å². The van der Waals surface area contributed by atoms with Crippen LogP contribution < -0.4 is 10.6 Å². The zero-order chi connectivity index (χ0) is 21.5. The van der Waals surface area contributed by atoms with Crippen LogP contribution in [-0.2, 0) is 4.79 Å². The number of halogens is 1. The maximum Gasteiger partial charge on any atom is 0.261 e. The highest BCUT2D eigenvalue weighted by Crippen LogP contribution is 2.42. The monoisotopic (exact) mass is 432 g/mol. The minimum Gasteiger partial charge on any atom is -0.343 e. The Balaban J connectivity index is 1.58. The molecule has 3 aromatic rings. The molecule has 1 atom stereocenters. The molecule has 156 valence electrons. The van der Waals surface area contributed by atoms with E-state index in [0.29, 0.717) is 28.4 Å². The zero-order valence-electron chi connectivity index (χ0n) is 17.0. The summed E-state index contributed by atoms with van der Waals surface area (Å²) in [6.07, 6.45) is 3.59. The lowest BCUT2D eigenvalue weighted by Crippen LogP contribution is -2.32. The van der Waals surface area contributed by atoms with E-state index in [1.165, 1.54) is 0 Å². The number of Topliss-reactive ketones (excluding diaryl/α,β-unsaturated/α-hetero) is 1. The number of nitrogens with zero attached hydrogens (tertiary/aromatic N) is 2. The fourth-order valence-electron chi connectivity index (χ4n) is 4.33. The molecule has 0 saturated heterocycles. The number of aromatic nitrogens is 2. The number of anilines is 2. The van der Waals surface area contributed by atoms with Gasteiger partial charge in [-0.15, -0.1) is 0 Å². The number of allylic oxidation sites excluding steroid dienone is 2. The van der Waals surface area contributed by atoms with E-state index in [0.717, 1.165) is 35.4 Å². The van der Waals surface area contributed by atoms with E-state index in [-0.39, 0.29) is 11.7 Å². The van der Waals surface area contributed by atoms with E-state index in [2.05, 4.69) is 15.7 Å². The van der Waals surface area contributed by atoms with E-state index < -0.39 is 6.04 Å². The summed E-state index contributed by atoms with van der Waals surface area (Å²) < 4.78 is 1.72. The van der Waals surface area contributed by atoms with Crippen molar-refractivity contribution in [1.29, 1.82) is 0 Å². The van der Waals surface area contributed by atoms with Crippen molar-refractivity contribution < 1.29 is 9.59 Å². The predicted octanol–water partition coefficient (Wildman–Crippen LogP) is 5.12. The molecule has 0 radical (unpaired) electrons. The van der Waals surface area contributed by atoms with E-state index >= 15 is 0 Å². The van der Waals surface area contributed by atoms with E-state index in [4.69, 9.17) is 11.6 Å². The van der Waals surface area contributed by atoms with Crippen molar-refractivity contribution in [3.63, 3.8) is 0 Å². The molecule has 0 spiro atoms. The van der Waals surface area contributed by atoms with Crippen LogP contribution in [0.25, 0.3) is 0 Å². The molecule has 6 nitrogen and oxygen atoms in total. The van der Waals surface area contributed by atoms with Gasteiger partial charge in [0, 0.05) is 28.4 Å². The Kier molecular flexibility index (Phi) is 4.87. The first kappa shape index (κ1) is 19.6. The lowest BCUT2D eigenvalue weighted by Gasteiger charge is -2.33. The molecule has 2 N–H and O–H groups in total. The molecule has 31 heavy (non-hydrogen) atoms. The number of ketones is 1. The van der Waals surface area contributed by atoms with Crippen LogP contribution in [0.1, 0.15) is 46.8 Å². The van der Waals surface area contributed by atoms with Gasteiger partial charge in [0.15, 0.2) is 5.78 Å². The molecular weight excluding hydrogens is 412 g/mol. The highest BCUT2D eigenvalue weighted by atomic mass is 35.5. The maximum absolute atomic E-state index is 13.1. The van der Waals surface area contributed by atoms with Gasteiger partial charge < -0.3 is 10.6 Å². The summed E-state index contributed by atoms with van der Waals surface area (Å²) in [4.78, 5) is 25.9. The van der Waals surface area contributed by atoms with Crippen molar-refractivity contribution in [2.75, 3.05) is 10.6 Å². The lowest BCUT2D eigenvalue weighted by atomic mass is 9.85. The van der Waals surface area contributed by atoms with Crippen molar-refractivity contribution >= 4 is 34.8 Å². The Morgan fingerprint density at radius 2 is 2.03 bits per heavy atom. The average molecular weight is 433 g/mol. The van der Waals surface area contributed by atoms with Gasteiger partial charge in [-0.2, -0.15) is 5.10 Å². The second kappa shape index (κ2) is 7.71. The second-order valence-electron chi connectivity index (χ2n) is 7.93. The van der Waals surface area contributed by atoms with Crippen molar-refractivity contribution in [2.24, 2.45) is 0 Å². The quantitative estimate of drug-likeness (QED) is 0.602. The first-order valence-corrected chi connectivity index (χ1v) is 10.6. The third kappa shape index (κ3) is 3.53. The summed E-state index contributed by atoms with van der Waals surface area (Å²) in [7, 11) is 0. The fourth-order valence-corrected chi connectivity index (χ4v) is 4.53. The van der Waals surface area contributed by atoms with Crippen LogP contribution in [0, 0.1) is 6.92 Å². The van der Waals surface area contributed by atoms with Crippen molar-refractivity contribution in [3.8, 4) is 0 Å². The SMILES string of the molecule is Cc1cccc(NC(=O)c2cnn3c2NC2=C(C(=O)CCC2)[C@@H]3c2cccc(Cl)c2)c1. The van der Waals surface area contributed by atoms with Gasteiger partial charge >= 0.3 is 0 Å². The highest BCUT2D eigenvalue weighted by molar-refractivity contribution is 6.30. The minimum absolute atomic E-state index is 0.102. The number of fused-ring (bicyclic) bond motifs is 1. The van der Waals surface area contributed by atoms with Crippen LogP contribution in [0.15, 0.2) is 66.0 Å². The molecule has 0 saturated carbocycles. The Morgan fingerprint density at radius 3 is 2.84 bits per heavy atom. The summed E-state index contributed by atoms with van der Waals surface area (Å²) in [6, 6.07) is 14.7. The Labute approximate surface area is 184 Å². The molecule has 1 aromatic heterocycles. The number of carbonyl (C=O) groups excluding carboxylic acids is 2. The third-order valence-corrected chi connectivity index (χ3v) is 5.96. The standard InChI is InChI=1S/C24H21ClN4O2/c1-14-5-2-8-17(11-14)27-24(31)18-13-26-29-22(15-6-3-7-16(25)12-15)21-19(28-23(18)29)9-4-10-20(21)30/h2-3,5-8,11-13,22,28H,4,9-10H2,1H3,(H,27,31)/t22-/m0/s1. The Bertz CT molecular complexity index is 1240. The molecule has 5 rings (SSSR count). The summed E-state index contributed by atoms with van der Waals surface area (Å²) in [5.74, 6) is 0.435. The number of nitrogens with one attached hydrogen (secondary N) is 2. The Morgan fingerprint density at radius 1 is 1.19 bits per heavy atom. The molecular formula is C24H21ClN4O2. The summed E-state index contributed by atoms with van der Waals surface area (Å²) >= 11 is 6.25. The maximum atomic E-state index is 13.1. The number of hydrogen-bond acceptors (Lipinski definition) is 4. The van der Waals surface area contributed by atoms with Crippen LogP contribution in [0.2, 0.25) is 5.02 Å². The molecule has 0 unspecified atom stereocenters. The molecule has 2 aliphatic rings. The van der Waals surface area contributed by atoms with Crippen LogP contribution in [-0.4, -0.2) is 21.5 Å². The first-order valence-electron chi connectivity index (χ1n) is 10.3. The topological polar surface area (TPSA) is 76.0 Å². The van der Waals surface area contributed by atoms with Crippen LogP contribution in [0.5, 0.6) is 0 Å². The normalized spacial score (nSPS) is 17.6. The van der Waals surface area contributed by atoms with E-state index in [9.17, 15) is 9.59 Å². The zero-order valence-corrected chi connectivity index (χ0v) is 17.7. The van der Waals surface area contributed by atoms with Crippen molar-refractivity contribution in [2.45, 2.75) is 32.2 Å². The van der Waals surface area contributed by atoms with Gasteiger partial charge in [-0.05, 0) is 55.2 Å². The van der Waals surface area contributed by atoms with Crippen molar-refractivity contribution in [3.05, 3.63) is 87.7 Å². The van der Waals surface area contributed by atoms with Gasteiger partial charge in [-0.25, -0.2) is 4.68 Å². The summed E-state index contributed by atoms with van der Waals surface area (Å²) in [5, 5.41) is 11.4. The number of aryl methyl sites for hydroxylation is 1. The highest BCUT2D eigenvalue weighted by Gasteiger charge is 2.37. The first-order chi connectivity index (χ1) is 15.0. The largest absolute Gasteiger partial charge is 0.343 e. The lowest BCUT2D eigenvalue weighted by molar-refractivity contribution is -0.116. The molecule has 2 heterocycles. The van der Waals surface area contributed by atoms with Crippen LogP contribution in [0.4, 0.5) is 11.5 Å². The molecule has 1 aliphatic carbocycles. The average Bonchev–Trinajstić information content (AvgIpc) is 3.16. The van der Waals surface area contributed by atoms with Gasteiger partial charge in [0.1, 0.15) is 17.4 Å². The molecule has 0 bridgehead atoms. The van der Waals surface area contributed by atoms with Gasteiger partial charge in [0.05, 0.1) is 6.20 Å². The molecule has 0 fully saturated rings. The van der Waals surface area contributed by atoms with Crippen LogP contribution >= 0.6 is 11.6 Å². The third-order valence-electron chi connectivity index (χ3n) is 5.72. The van der Waals surface area contributed by atoms with Crippen molar-refractivity contribution in [1.82, 2.24) is 9.78 Å². The molecule has 7 heteroatoms. The fraction of sp³-hybridized carbons (Fsp3) is 0.208. The van der Waals surface area contributed by atoms with Crippen LogP contribution in [0.3, 0.4) is 0 Å². The molecule has 1 amide bonds. The van der Waals surface area contributed by atoms with Gasteiger partial charge in [-0.1, -0.05) is 35.9 Å². The number of rotatable bonds is 3. The number of carbonyl (C=O) groups is 2. The van der Waals surface area contributed by atoms with Gasteiger partial charge in [-0.3, -0.25) is 9.59 Å². The second-order valence-corrected chi connectivity index (χ2v) is 8.36. The smallest absolute Gasteiger partial charge is 0.261 e. The van der Waals surface area contributed by atoms with E-state index in [1.54, 1.807) is 16.9 Å². The number of hydrogen-bond donors (Lipinski definition) is 2. The molecule has 1 aliphatic heterocycles. The summed E-state index contributed by atoms with van der Waals surface area (Å²) in [5.41, 5.74) is 4.64. The van der Waals surface area contributed by atoms with E-state index in [1.807, 2.05) is 49.4 Å². The number of amides is 1. The van der Waals surface area contributed by atoms with Gasteiger partial charge in [0.2, 0.25) is 0 Å². The number of benzene rings is 2. The minimum atomic E-state index is -0.418. The Hall–Kier alpha value is -3.38.